The zero-order valence-electron chi connectivity index (χ0n) is 6.14. The van der Waals surface area contributed by atoms with Crippen molar-refractivity contribution in [3.63, 3.8) is 0 Å². The molecule has 1 rings (SSSR count). The summed E-state index contributed by atoms with van der Waals surface area (Å²) in [7, 11) is 0. The number of carbonyl (C=O) groups is 1. The summed E-state index contributed by atoms with van der Waals surface area (Å²) in [5.41, 5.74) is -0.0671. The average molecular weight is 171 g/mol. The molecule has 66 valence electrons. The van der Waals surface area contributed by atoms with Crippen LogP contribution in [0.4, 0.5) is 0 Å². The summed E-state index contributed by atoms with van der Waals surface area (Å²) in [6.07, 6.45) is 0. The second-order valence-electron chi connectivity index (χ2n) is 1.82. The van der Waals surface area contributed by atoms with Gasteiger partial charge in [0.05, 0.1) is 0 Å². The zero-order chi connectivity index (χ0) is 9.56. The Kier molecular flexibility index (Phi) is 4.43. The average Bonchev–Trinajstić information content (AvgIpc) is 2.08. The third kappa shape index (κ3) is 2.57. The van der Waals surface area contributed by atoms with Crippen LogP contribution in [0.15, 0.2) is 24.3 Å². The van der Waals surface area contributed by atoms with Crippen LogP contribution in [0, 0.1) is 0 Å². The van der Waals surface area contributed by atoms with Crippen LogP contribution < -0.4 is 5.90 Å². The van der Waals surface area contributed by atoms with Crippen LogP contribution in [0.3, 0.4) is 0 Å². The Labute approximate surface area is 68.6 Å². The molecule has 0 spiro atoms. The number of aromatic carboxylic acids is 1. The lowest BCUT2D eigenvalue weighted by atomic mass is 10.2. The van der Waals surface area contributed by atoms with E-state index in [9.17, 15) is 4.79 Å². The first-order chi connectivity index (χ1) is 5.72. The Balaban J connectivity index is 0.000000561. The number of para-hydroxylation sites is 1. The van der Waals surface area contributed by atoms with Gasteiger partial charge in [-0.05, 0) is 12.1 Å². The molecule has 0 bridgehead atoms. The molecule has 1 aromatic carbocycles. The van der Waals surface area contributed by atoms with E-state index in [0.717, 1.165) is 0 Å². The fourth-order valence-electron chi connectivity index (χ4n) is 0.654. The first-order valence-electron chi connectivity index (χ1n) is 2.99. The molecular weight excluding hydrogens is 162 g/mol. The third-order valence-corrected chi connectivity index (χ3v) is 1.13. The van der Waals surface area contributed by atoms with E-state index in [1.165, 1.54) is 12.1 Å². The van der Waals surface area contributed by atoms with E-state index in [2.05, 4.69) is 5.90 Å². The second-order valence-corrected chi connectivity index (χ2v) is 1.82. The molecule has 0 aliphatic carbocycles. The summed E-state index contributed by atoms with van der Waals surface area (Å²) in [5.74, 6) is 2.19. The van der Waals surface area contributed by atoms with Gasteiger partial charge in [0.25, 0.3) is 0 Å². The highest BCUT2D eigenvalue weighted by atomic mass is 16.4. The third-order valence-electron chi connectivity index (χ3n) is 1.13. The van der Waals surface area contributed by atoms with Crippen molar-refractivity contribution in [3.8, 4) is 5.75 Å². The largest absolute Gasteiger partial charge is 0.507 e. The summed E-state index contributed by atoms with van der Waals surface area (Å²) >= 11 is 0. The van der Waals surface area contributed by atoms with Crippen LogP contribution in [0.5, 0.6) is 5.75 Å². The molecule has 0 atom stereocenters. The molecule has 0 heterocycles. The van der Waals surface area contributed by atoms with Crippen molar-refractivity contribution in [3.05, 3.63) is 29.8 Å². The molecule has 5 heteroatoms. The van der Waals surface area contributed by atoms with Gasteiger partial charge in [-0.25, -0.2) is 10.7 Å². The first-order valence-corrected chi connectivity index (χ1v) is 2.99. The smallest absolute Gasteiger partial charge is 0.339 e. The van der Waals surface area contributed by atoms with Crippen LogP contribution in [0.2, 0.25) is 0 Å². The van der Waals surface area contributed by atoms with Crippen molar-refractivity contribution in [2.24, 2.45) is 5.90 Å². The number of hydrogen-bond donors (Lipinski definition) is 4. The second kappa shape index (κ2) is 5.11. The maximum Gasteiger partial charge on any atom is 0.339 e. The Hall–Kier alpha value is -1.59. The van der Waals surface area contributed by atoms with E-state index in [-0.39, 0.29) is 11.3 Å². The van der Waals surface area contributed by atoms with Gasteiger partial charge in [0, 0.05) is 0 Å². The van der Waals surface area contributed by atoms with Gasteiger partial charge in [-0.2, -0.15) is 0 Å². The Morgan fingerprint density at radius 2 is 1.75 bits per heavy atom. The predicted octanol–water partition coefficient (Wildman–Crippen LogP) is 0.425. The topological polar surface area (TPSA) is 104 Å². The van der Waals surface area contributed by atoms with Crippen LogP contribution >= 0.6 is 0 Å². The molecule has 0 saturated heterocycles. The predicted molar refractivity (Wildman–Crippen MR) is 41.0 cm³/mol. The molecule has 0 aromatic heterocycles. The van der Waals surface area contributed by atoms with E-state index < -0.39 is 5.97 Å². The fraction of sp³-hybridized carbons (Fsp3) is 0. The lowest BCUT2D eigenvalue weighted by Gasteiger charge is -1.95. The van der Waals surface area contributed by atoms with E-state index in [1.807, 2.05) is 0 Å². The molecule has 5 nitrogen and oxygen atoms in total. The molecule has 5 N–H and O–H groups in total. The molecule has 1 aromatic rings. The van der Waals surface area contributed by atoms with Crippen molar-refractivity contribution in [1.29, 1.82) is 0 Å². The summed E-state index contributed by atoms with van der Waals surface area (Å²) in [6, 6.07) is 5.81. The molecule has 0 fully saturated rings. The Morgan fingerprint density at radius 1 is 1.25 bits per heavy atom. The van der Waals surface area contributed by atoms with Gasteiger partial charge in [-0.3, -0.25) is 0 Å². The molecular formula is C7H9NO4. The fourth-order valence-corrected chi connectivity index (χ4v) is 0.654. The molecule has 0 amide bonds. The summed E-state index contributed by atoms with van der Waals surface area (Å²) in [5, 5.41) is 23.8. The van der Waals surface area contributed by atoms with Gasteiger partial charge in [0.1, 0.15) is 11.3 Å². The van der Waals surface area contributed by atoms with Gasteiger partial charge < -0.3 is 15.4 Å². The van der Waals surface area contributed by atoms with Crippen molar-refractivity contribution < 1.29 is 20.2 Å². The van der Waals surface area contributed by atoms with Gasteiger partial charge in [-0.15, -0.1) is 0 Å². The summed E-state index contributed by atoms with van der Waals surface area (Å²) < 4.78 is 0. The van der Waals surface area contributed by atoms with Crippen molar-refractivity contribution in [2.75, 3.05) is 0 Å². The molecule has 0 saturated carbocycles. The molecule has 0 aliphatic rings. The van der Waals surface area contributed by atoms with Crippen LogP contribution in [0.25, 0.3) is 0 Å². The monoisotopic (exact) mass is 171 g/mol. The minimum absolute atomic E-state index is 0.0671. The van der Waals surface area contributed by atoms with Gasteiger partial charge >= 0.3 is 5.97 Å². The quantitative estimate of drug-likeness (QED) is 0.458. The number of benzene rings is 1. The Bertz CT molecular complexity index is 261. The number of hydrogen-bond acceptors (Lipinski definition) is 4. The number of carboxylic acids is 1. The maximum absolute atomic E-state index is 10.3. The van der Waals surface area contributed by atoms with Crippen LogP contribution in [0.1, 0.15) is 10.4 Å². The van der Waals surface area contributed by atoms with Gasteiger partial charge in [-0.1, -0.05) is 12.1 Å². The van der Waals surface area contributed by atoms with Gasteiger partial charge in [0.2, 0.25) is 0 Å². The van der Waals surface area contributed by atoms with Crippen molar-refractivity contribution in [2.45, 2.75) is 0 Å². The number of phenols is 1. The van der Waals surface area contributed by atoms with Gasteiger partial charge in [0.15, 0.2) is 0 Å². The van der Waals surface area contributed by atoms with Crippen molar-refractivity contribution >= 4 is 5.97 Å². The van der Waals surface area contributed by atoms with Crippen LogP contribution in [-0.4, -0.2) is 21.4 Å². The number of rotatable bonds is 1. The number of nitrogens with two attached hydrogens (primary N) is 1. The van der Waals surface area contributed by atoms with E-state index in [1.54, 1.807) is 12.1 Å². The first kappa shape index (κ1) is 10.4. The highest BCUT2D eigenvalue weighted by molar-refractivity contribution is 5.90. The van der Waals surface area contributed by atoms with E-state index >= 15 is 0 Å². The SMILES string of the molecule is NO.O=C(O)c1ccccc1O. The standard InChI is InChI=1S/C7H6O3.H3NO/c8-6-4-2-1-3-5(6)7(9)10;1-2/h1-4,8H,(H,9,10);2H,1H2. The lowest BCUT2D eigenvalue weighted by Crippen LogP contribution is -1.95. The van der Waals surface area contributed by atoms with Crippen LogP contribution in [-0.2, 0) is 0 Å². The minimum atomic E-state index is -1.11. The summed E-state index contributed by atoms with van der Waals surface area (Å²) in [4.78, 5) is 10.3. The van der Waals surface area contributed by atoms with E-state index in [4.69, 9.17) is 15.4 Å². The highest BCUT2D eigenvalue weighted by Gasteiger charge is 2.05. The zero-order valence-corrected chi connectivity index (χ0v) is 6.14. The molecule has 12 heavy (non-hydrogen) atoms. The number of carboxylic acid groups (broad SMARTS) is 1. The van der Waals surface area contributed by atoms with E-state index in [0.29, 0.717) is 0 Å². The molecule has 0 aliphatic heterocycles. The lowest BCUT2D eigenvalue weighted by molar-refractivity contribution is 0.0694. The number of aromatic hydroxyl groups is 1. The highest BCUT2D eigenvalue weighted by Crippen LogP contribution is 2.14. The summed E-state index contributed by atoms with van der Waals surface area (Å²) in [6.45, 7) is 0. The maximum atomic E-state index is 10.3. The molecule has 0 unspecified atom stereocenters. The van der Waals surface area contributed by atoms with Crippen molar-refractivity contribution in [1.82, 2.24) is 0 Å². The minimum Gasteiger partial charge on any atom is -0.507 e. The molecule has 0 radical (unpaired) electrons. The normalized spacial score (nSPS) is 8.17. The Morgan fingerprint density at radius 3 is 2.08 bits per heavy atom.